The number of H-pyrrole nitrogens is 1. The number of aromatic amines is 1. The minimum atomic E-state index is 0.493. The van der Waals surface area contributed by atoms with Crippen LogP contribution < -0.4 is 0 Å². The lowest BCUT2D eigenvalue weighted by molar-refractivity contribution is 0.112. The highest BCUT2D eigenvalue weighted by molar-refractivity contribution is 7.71. The second-order valence-corrected chi connectivity index (χ2v) is 1.98. The van der Waals surface area contributed by atoms with Crippen molar-refractivity contribution in [1.82, 2.24) is 4.98 Å². The van der Waals surface area contributed by atoms with Gasteiger partial charge in [0.2, 0.25) is 0 Å². The quantitative estimate of drug-likeness (QED) is 0.517. The summed E-state index contributed by atoms with van der Waals surface area (Å²) in [7, 11) is 0. The van der Waals surface area contributed by atoms with Gasteiger partial charge in [-0.15, -0.1) is 0 Å². The monoisotopic (exact) mass is 169 g/mol. The Balaban J connectivity index is 0.000000461. The van der Waals surface area contributed by atoms with Crippen molar-refractivity contribution in [3.05, 3.63) is 28.5 Å². The van der Waals surface area contributed by atoms with Gasteiger partial charge < -0.3 is 4.98 Å². The van der Waals surface area contributed by atoms with Crippen LogP contribution in [-0.4, -0.2) is 11.3 Å². The Morgan fingerprint density at radius 3 is 2.55 bits per heavy atom. The van der Waals surface area contributed by atoms with Gasteiger partial charge >= 0.3 is 0 Å². The summed E-state index contributed by atoms with van der Waals surface area (Å²) >= 11 is 4.76. The maximum atomic E-state index is 10.1. The first-order valence-electron chi connectivity index (χ1n) is 3.47. The third-order valence-electron chi connectivity index (χ3n) is 0.976. The minimum Gasteiger partial charge on any atom is -0.352 e. The predicted molar refractivity (Wildman–Crippen MR) is 48.4 cm³/mol. The molecule has 2 nitrogen and oxygen atoms in total. The lowest BCUT2D eigenvalue weighted by Crippen LogP contribution is -1.81. The molecular formula is C8H11NOS. The van der Waals surface area contributed by atoms with Crippen LogP contribution in [0.3, 0.4) is 0 Å². The van der Waals surface area contributed by atoms with E-state index in [1.807, 2.05) is 13.8 Å². The summed E-state index contributed by atoms with van der Waals surface area (Å²) in [5.74, 6) is 0. The second kappa shape index (κ2) is 5.80. The Bertz CT molecular complexity index is 267. The van der Waals surface area contributed by atoms with E-state index in [-0.39, 0.29) is 0 Å². The average molecular weight is 169 g/mol. The fraction of sp³-hybridized carbons (Fsp3) is 0.250. The van der Waals surface area contributed by atoms with Crippen LogP contribution in [0.1, 0.15) is 24.2 Å². The summed E-state index contributed by atoms with van der Waals surface area (Å²) in [6.45, 7) is 4.00. The van der Waals surface area contributed by atoms with Crippen LogP contribution in [0.5, 0.6) is 0 Å². The Hall–Kier alpha value is -0.960. The third kappa shape index (κ3) is 3.09. The van der Waals surface area contributed by atoms with Crippen molar-refractivity contribution in [1.29, 1.82) is 0 Å². The summed E-state index contributed by atoms with van der Waals surface area (Å²) in [6.07, 6.45) is 2.42. The van der Waals surface area contributed by atoms with Crippen LogP contribution >= 0.6 is 12.2 Å². The molecule has 0 saturated heterocycles. The molecule has 0 bridgehead atoms. The normalized spacial score (nSPS) is 7.82. The zero-order chi connectivity index (χ0) is 8.69. The van der Waals surface area contributed by atoms with Crippen molar-refractivity contribution in [2.75, 3.05) is 0 Å². The van der Waals surface area contributed by atoms with Gasteiger partial charge in [0.1, 0.15) is 4.64 Å². The molecule has 0 aliphatic heterocycles. The maximum Gasteiger partial charge on any atom is 0.153 e. The van der Waals surface area contributed by atoms with Gasteiger partial charge in [0.05, 0.1) is 0 Å². The number of aldehydes is 1. The van der Waals surface area contributed by atoms with E-state index in [2.05, 4.69) is 4.98 Å². The highest BCUT2D eigenvalue weighted by atomic mass is 32.1. The number of hydrogen-bond acceptors (Lipinski definition) is 2. The Morgan fingerprint density at radius 1 is 1.55 bits per heavy atom. The van der Waals surface area contributed by atoms with E-state index < -0.39 is 0 Å². The Morgan fingerprint density at radius 2 is 2.18 bits per heavy atom. The van der Waals surface area contributed by atoms with E-state index >= 15 is 0 Å². The molecule has 0 amide bonds. The number of nitrogens with one attached hydrogen (secondary N) is 1. The number of hydrogen-bond donors (Lipinski definition) is 1. The number of pyridine rings is 1. The molecule has 0 aliphatic carbocycles. The number of carbonyl (C=O) groups excluding carboxylic acids is 1. The highest BCUT2D eigenvalue weighted by Crippen LogP contribution is 1.93. The highest BCUT2D eigenvalue weighted by Gasteiger charge is 1.87. The van der Waals surface area contributed by atoms with Gasteiger partial charge in [-0.05, 0) is 12.1 Å². The van der Waals surface area contributed by atoms with Crippen molar-refractivity contribution in [3.8, 4) is 0 Å². The molecule has 3 heteroatoms. The lowest BCUT2D eigenvalue weighted by atomic mass is 10.3. The van der Waals surface area contributed by atoms with Gasteiger partial charge in [-0.1, -0.05) is 26.1 Å². The van der Waals surface area contributed by atoms with Crippen LogP contribution in [0, 0.1) is 4.64 Å². The molecule has 0 atom stereocenters. The lowest BCUT2D eigenvalue weighted by Gasteiger charge is -1.85. The van der Waals surface area contributed by atoms with Crippen LogP contribution in [0.25, 0.3) is 0 Å². The van der Waals surface area contributed by atoms with Crippen LogP contribution in [-0.2, 0) is 0 Å². The first-order chi connectivity index (χ1) is 5.34. The van der Waals surface area contributed by atoms with Gasteiger partial charge in [0.15, 0.2) is 6.29 Å². The predicted octanol–water partition coefficient (Wildman–Crippen LogP) is 2.58. The van der Waals surface area contributed by atoms with Crippen molar-refractivity contribution < 1.29 is 4.79 Å². The van der Waals surface area contributed by atoms with Crippen molar-refractivity contribution in [3.63, 3.8) is 0 Å². The van der Waals surface area contributed by atoms with Crippen LogP contribution in [0.4, 0.5) is 0 Å². The maximum absolute atomic E-state index is 10.1. The standard InChI is InChI=1S/C6H5NOS.C2H6/c8-4-5-2-1-3-7-6(5)9;1-2/h1-4H,(H,7,9);1-2H3. The SMILES string of the molecule is CC.O=Cc1ccc[nH]c1=S. The fourth-order valence-corrected chi connectivity index (χ4v) is 0.712. The topological polar surface area (TPSA) is 32.9 Å². The molecule has 0 radical (unpaired) electrons. The fourth-order valence-electron chi connectivity index (χ4n) is 0.527. The number of rotatable bonds is 1. The molecule has 1 aromatic heterocycles. The Labute approximate surface area is 71.3 Å². The number of aromatic nitrogens is 1. The van der Waals surface area contributed by atoms with Gasteiger partial charge in [-0.2, -0.15) is 0 Å². The molecule has 1 aromatic rings. The first-order valence-corrected chi connectivity index (χ1v) is 3.88. The molecule has 11 heavy (non-hydrogen) atoms. The smallest absolute Gasteiger partial charge is 0.153 e. The van der Waals surface area contributed by atoms with Crippen LogP contribution in [0.15, 0.2) is 18.3 Å². The molecule has 0 aromatic carbocycles. The summed E-state index contributed by atoms with van der Waals surface area (Å²) in [6, 6.07) is 3.41. The van der Waals surface area contributed by atoms with Crippen molar-refractivity contribution >= 4 is 18.5 Å². The minimum absolute atomic E-state index is 0.493. The van der Waals surface area contributed by atoms with E-state index in [0.29, 0.717) is 10.2 Å². The summed E-state index contributed by atoms with van der Waals surface area (Å²) in [5.41, 5.74) is 0.535. The molecule has 1 rings (SSSR count). The second-order valence-electron chi connectivity index (χ2n) is 1.57. The van der Waals surface area contributed by atoms with Crippen molar-refractivity contribution in [2.45, 2.75) is 13.8 Å². The number of carbonyl (C=O) groups is 1. The molecule has 0 unspecified atom stereocenters. The molecule has 1 N–H and O–H groups in total. The Kier molecular flexibility index (Phi) is 5.29. The van der Waals surface area contributed by atoms with Crippen LogP contribution in [0.2, 0.25) is 0 Å². The zero-order valence-corrected chi connectivity index (χ0v) is 7.44. The molecule has 0 aliphatic rings. The molecule has 0 fully saturated rings. The van der Waals surface area contributed by atoms with E-state index in [1.165, 1.54) is 0 Å². The first kappa shape index (κ1) is 10.0. The van der Waals surface area contributed by atoms with E-state index in [0.717, 1.165) is 6.29 Å². The average Bonchev–Trinajstić information content (AvgIpc) is 2.09. The van der Waals surface area contributed by atoms with Crippen molar-refractivity contribution in [2.24, 2.45) is 0 Å². The molecule has 0 spiro atoms. The van der Waals surface area contributed by atoms with Gasteiger partial charge in [0.25, 0.3) is 0 Å². The molecular weight excluding hydrogens is 158 g/mol. The summed E-state index contributed by atoms with van der Waals surface area (Å²) < 4.78 is 0.493. The van der Waals surface area contributed by atoms with Gasteiger partial charge in [-0.25, -0.2) is 0 Å². The zero-order valence-electron chi connectivity index (χ0n) is 6.63. The summed E-state index contributed by atoms with van der Waals surface area (Å²) in [4.78, 5) is 12.9. The van der Waals surface area contributed by atoms with Gasteiger partial charge in [0, 0.05) is 11.8 Å². The van der Waals surface area contributed by atoms with E-state index in [4.69, 9.17) is 12.2 Å². The van der Waals surface area contributed by atoms with Gasteiger partial charge in [-0.3, -0.25) is 4.79 Å². The molecule has 60 valence electrons. The van der Waals surface area contributed by atoms with E-state index in [1.54, 1.807) is 18.3 Å². The molecule has 1 heterocycles. The molecule has 0 saturated carbocycles. The largest absolute Gasteiger partial charge is 0.352 e. The summed E-state index contributed by atoms with van der Waals surface area (Å²) in [5, 5.41) is 0. The third-order valence-corrected chi connectivity index (χ3v) is 1.33. The van der Waals surface area contributed by atoms with E-state index in [9.17, 15) is 4.79 Å².